The predicted octanol–water partition coefficient (Wildman–Crippen LogP) is 3.53. The first kappa shape index (κ1) is 23.7. The van der Waals surface area contributed by atoms with E-state index in [-0.39, 0.29) is 29.7 Å². The lowest BCUT2D eigenvalue weighted by molar-refractivity contribution is 0.592. The molecule has 0 amide bonds. The van der Waals surface area contributed by atoms with Gasteiger partial charge in [0.15, 0.2) is 15.8 Å². The number of hydrogen-bond acceptors (Lipinski definition) is 3. The minimum atomic E-state index is -3.23. The molecule has 5 nitrogen and oxygen atoms in total. The zero-order valence-electron chi connectivity index (χ0n) is 15.2. The first-order chi connectivity index (χ1) is 12.5. The lowest BCUT2D eigenvalue weighted by Crippen LogP contribution is -2.39. The fraction of sp³-hybridized carbons (Fsp3) is 0.316. The fourth-order valence-electron chi connectivity index (χ4n) is 2.41. The molecule has 0 saturated heterocycles. The van der Waals surface area contributed by atoms with Crippen molar-refractivity contribution in [2.75, 3.05) is 25.9 Å². The van der Waals surface area contributed by atoms with Gasteiger partial charge in [0.25, 0.3) is 0 Å². The monoisotopic (exact) mass is 521 g/mol. The SMILES string of the molecule is CN=C(NCCCS(=O)(=O)c1ccccc1)NCCc1ccc(Cl)cc1.I. The van der Waals surface area contributed by atoms with Gasteiger partial charge in [0.2, 0.25) is 0 Å². The van der Waals surface area contributed by atoms with Crippen LogP contribution in [0, 0.1) is 0 Å². The maximum atomic E-state index is 12.2. The molecule has 27 heavy (non-hydrogen) atoms. The Balaban J connectivity index is 0.00000364. The Morgan fingerprint density at radius 2 is 1.63 bits per heavy atom. The number of rotatable bonds is 8. The van der Waals surface area contributed by atoms with Crippen molar-refractivity contribution >= 4 is 51.4 Å². The van der Waals surface area contributed by atoms with Crippen molar-refractivity contribution in [1.29, 1.82) is 0 Å². The van der Waals surface area contributed by atoms with Crippen molar-refractivity contribution in [2.24, 2.45) is 4.99 Å². The topological polar surface area (TPSA) is 70.6 Å². The maximum absolute atomic E-state index is 12.2. The number of sulfone groups is 1. The molecule has 0 saturated carbocycles. The smallest absolute Gasteiger partial charge is 0.190 e. The zero-order chi connectivity index (χ0) is 18.8. The van der Waals surface area contributed by atoms with Crippen LogP contribution in [0.4, 0.5) is 0 Å². The van der Waals surface area contributed by atoms with E-state index in [0.717, 1.165) is 18.0 Å². The van der Waals surface area contributed by atoms with Crippen LogP contribution in [-0.4, -0.2) is 40.3 Å². The molecule has 0 bridgehead atoms. The molecule has 0 radical (unpaired) electrons. The lowest BCUT2D eigenvalue weighted by Gasteiger charge is -2.12. The van der Waals surface area contributed by atoms with Crippen LogP contribution in [0.15, 0.2) is 64.5 Å². The molecule has 0 atom stereocenters. The summed E-state index contributed by atoms with van der Waals surface area (Å²) in [5, 5.41) is 7.09. The molecule has 0 heterocycles. The van der Waals surface area contributed by atoms with Crippen molar-refractivity contribution in [3.05, 3.63) is 65.2 Å². The van der Waals surface area contributed by atoms with Crippen molar-refractivity contribution < 1.29 is 8.42 Å². The minimum Gasteiger partial charge on any atom is -0.356 e. The number of hydrogen-bond donors (Lipinski definition) is 2. The molecule has 0 aliphatic rings. The highest BCUT2D eigenvalue weighted by molar-refractivity contribution is 14.0. The van der Waals surface area contributed by atoms with Crippen LogP contribution < -0.4 is 10.6 Å². The van der Waals surface area contributed by atoms with Crippen LogP contribution >= 0.6 is 35.6 Å². The number of nitrogens with zero attached hydrogens (tertiary/aromatic N) is 1. The van der Waals surface area contributed by atoms with Gasteiger partial charge in [0.05, 0.1) is 10.6 Å². The van der Waals surface area contributed by atoms with E-state index in [1.54, 1.807) is 37.4 Å². The Morgan fingerprint density at radius 1 is 1.00 bits per heavy atom. The molecule has 2 N–H and O–H groups in total. The first-order valence-corrected chi connectivity index (χ1v) is 10.5. The Hall–Kier alpha value is -1.32. The summed E-state index contributed by atoms with van der Waals surface area (Å²) in [7, 11) is -1.54. The summed E-state index contributed by atoms with van der Waals surface area (Å²) in [6, 6.07) is 16.3. The van der Waals surface area contributed by atoms with Crippen LogP contribution in [0.3, 0.4) is 0 Å². The van der Waals surface area contributed by atoms with Crippen molar-refractivity contribution in [1.82, 2.24) is 10.6 Å². The Labute approximate surface area is 183 Å². The maximum Gasteiger partial charge on any atom is 0.190 e. The highest BCUT2D eigenvalue weighted by Crippen LogP contribution is 2.11. The van der Waals surface area contributed by atoms with E-state index in [0.29, 0.717) is 23.8 Å². The lowest BCUT2D eigenvalue weighted by atomic mass is 10.1. The van der Waals surface area contributed by atoms with E-state index >= 15 is 0 Å². The van der Waals surface area contributed by atoms with Crippen LogP contribution in [0.25, 0.3) is 0 Å². The summed E-state index contributed by atoms with van der Waals surface area (Å²) in [4.78, 5) is 4.52. The van der Waals surface area contributed by atoms with Gasteiger partial charge in [-0.1, -0.05) is 41.9 Å². The van der Waals surface area contributed by atoms with Crippen LogP contribution in [0.2, 0.25) is 5.02 Å². The molecule has 2 rings (SSSR count). The molecule has 0 aliphatic heterocycles. The predicted molar refractivity (Wildman–Crippen MR) is 123 cm³/mol. The Kier molecular flexibility index (Phi) is 10.7. The zero-order valence-corrected chi connectivity index (χ0v) is 19.1. The largest absolute Gasteiger partial charge is 0.356 e. The second-order valence-electron chi connectivity index (χ2n) is 5.79. The van der Waals surface area contributed by atoms with Gasteiger partial charge in [-0.3, -0.25) is 4.99 Å². The van der Waals surface area contributed by atoms with Gasteiger partial charge in [-0.15, -0.1) is 24.0 Å². The second-order valence-corrected chi connectivity index (χ2v) is 8.33. The van der Waals surface area contributed by atoms with Gasteiger partial charge < -0.3 is 10.6 Å². The number of nitrogens with one attached hydrogen (secondary N) is 2. The third-order valence-electron chi connectivity index (χ3n) is 3.83. The quantitative estimate of drug-likeness (QED) is 0.241. The molecule has 0 fully saturated rings. The molecule has 148 valence electrons. The number of guanidine groups is 1. The van der Waals surface area contributed by atoms with Crippen LogP contribution in [-0.2, 0) is 16.3 Å². The van der Waals surface area contributed by atoms with Gasteiger partial charge in [0.1, 0.15) is 0 Å². The molecule has 0 aliphatic carbocycles. The summed E-state index contributed by atoms with van der Waals surface area (Å²) >= 11 is 5.87. The second kappa shape index (κ2) is 12.2. The molecule has 8 heteroatoms. The standard InChI is InChI=1S/C19H24ClN3O2S.HI/c1-21-19(23-14-12-16-8-10-17(20)11-9-16)22-13-5-15-26(24,25)18-6-3-2-4-7-18;/h2-4,6-11H,5,12-15H2,1H3,(H2,21,22,23);1H. The normalized spacial score (nSPS) is 11.6. The van der Waals surface area contributed by atoms with Gasteiger partial charge in [-0.25, -0.2) is 8.42 Å². The summed E-state index contributed by atoms with van der Waals surface area (Å²) in [5.41, 5.74) is 1.19. The summed E-state index contributed by atoms with van der Waals surface area (Å²) in [6.07, 6.45) is 1.36. The van der Waals surface area contributed by atoms with Crippen molar-refractivity contribution in [3.63, 3.8) is 0 Å². The Morgan fingerprint density at radius 3 is 2.26 bits per heavy atom. The third kappa shape index (κ3) is 8.49. The van der Waals surface area contributed by atoms with E-state index in [4.69, 9.17) is 11.6 Å². The van der Waals surface area contributed by atoms with Crippen LogP contribution in [0.5, 0.6) is 0 Å². The summed E-state index contributed by atoms with van der Waals surface area (Å²) in [6.45, 7) is 1.26. The molecule has 2 aromatic carbocycles. The van der Waals surface area contributed by atoms with Gasteiger partial charge in [-0.05, 0) is 42.7 Å². The fourth-order valence-corrected chi connectivity index (χ4v) is 3.87. The highest BCUT2D eigenvalue weighted by Gasteiger charge is 2.13. The number of benzene rings is 2. The minimum absolute atomic E-state index is 0. The summed E-state index contributed by atoms with van der Waals surface area (Å²) in [5.74, 6) is 0.766. The van der Waals surface area contributed by atoms with E-state index in [1.807, 2.05) is 24.3 Å². The molecular formula is C19H25ClIN3O2S. The number of halogens is 2. The number of aliphatic imine (C=N–C) groups is 1. The average molecular weight is 522 g/mol. The van der Waals surface area contributed by atoms with Gasteiger partial charge >= 0.3 is 0 Å². The highest BCUT2D eigenvalue weighted by atomic mass is 127. The van der Waals surface area contributed by atoms with E-state index < -0.39 is 9.84 Å². The molecule has 0 spiro atoms. The molecule has 0 aromatic heterocycles. The van der Waals surface area contributed by atoms with E-state index in [9.17, 15) is 8.42 Å². The first-order valence-electron chi connectivity index (χ1n) is 8.48. The van der Waals surface area contributed by atoms with E-state index in [2.05, 4.69) is 15.6 Å². The van der Waals surface area contributed by atoms with Crippen molar-refractivity contribution in [3.8, 4) is 0 Å². The van der Waals surface area contributed by atoms with Crippen LogP contribution in [0.1, 0.15) is 12.0 Å². The Bertz CT molecular complexity index is 813. The molecule has 0 unspecified atom stereocenters. The van der Waals surface area contributed by atoms with Crippen molar-refractivity contribution in [2.45, 2.75) is 17.7 Å². The third-order valence-corrected chi connectivity index (χ3v) is 5.90. The summed E-state index contributed by atoms with van der Waals surface area (Å²) < 4.78 is 24.4. The molecule has 2 aromatic rings. The van der Waals surface area contributed by atoms with Gasteiger partial charge in [-0.2, -0.15) is 0 Å². The molecular weight excluding hydrogens is 497 g/mol. The average Bonchev–Trinajstić information content (AvgIpc) is 2.66. The van der Waals surface area contributed by atoms with E-state index in [1.165, 1.54) is 5.56 Å². The van der Waals surface area contributed by atoms with Gasteiger partial charge in [0, 0.05) is 25.2 Å².